The van der Waals surface area contributed by atoms with Crippen molar-refractivity contribution in [1.82, 2.24) is 0 Å². The number of benzene rings is 1. The van der Waals surface area contributed by atoms with E-state index in [9.17, 15) is 0 Å². The van der Waals surface area contributed by atoms with Gasteiger partial charge >= 0.3 is 0 Å². The van der Waals surface area contributed by atoms with Gasteiger partial charge in [0.15, 0.2) is 0 Å². The molecular formula is C18H25NO. The minimum absolute atomic E-state index is 0.453. The molecule has 4 rings (SSSR count). The molecule has 2 atom stereocenters. The van der Waals surface area contributed by atoms with E-state index < -0.39 is 0 Å². The molecule has 2 fully saturated rings. The van der Waals surface area contributed by atoms with Gasteiger partial charge in [-0.3, -0.25) is 0 Å². The first-order valence-electron chi connectivity index (χ1n) is 8.32. The quantitative estimate of drug-likeness (QED) is 0.895. The highest BCUT2D eigenvalue weighted by atomic mass is 16.5. The second-order valence-electron chi connectivity index (χ2n) is 6.80. The van der Waals surface area contributed by atoms with E-state index in [1.54, 1.807) is 11.1 Å². The van der Waals surface area contributed by atoms with E-state index in [1.165, 1.54) is 50.6 Å². The lowest BCUT2D eigenvalue weighted by molar-refractivity contribution is -0.157. The molecule has 3 aliphatic rings. The fraction of sp³-hybridized carbons (Fsp3) is 0.667. The van der Waals surface area contributed by atoms with E-state index in [-0.39, 0.29) is 0 Å². The van der Waals surface area contributed by atoms with Crippen LogP contribution in [0.1, 0.15) is 50.2 Å². The zero-order valence-corrected chi connectivity index (χ0v) is 12.5. The molecule has 0 heterocycles. The van der Waals surface area contributed by atoms with E-state index in [0.29, 0.717) is 17.6 Å². The molecule has 1 N–H and O–H groups in total. The Morgan fingerprint density at radius 3 is 2.80 bits per heavy atom. The lowest BCUT2D eigenvalue weighted by Crippen LogP contribution is -2.64. The molecule has 0 aliphatic heterocycles. The van der Waals surface area contributed by atoms with Crippen molar-refractivity contribution < 1.29 is 4.74 Å². The molecule has 1 aromatic rings. The van der Waals surface area contributed by atoms with Crippen molar-refractivity contribution in [2.75, 3.05) is 11.9 Å². The summed E-state index contributed by atoms with van der Waals surface area (Å²) in [6.45, 7) is 2.98. The number of hydrogen-bond acceptors (Lipinski definition) is 2. The number of anilines is 1. The number of fused-ring (bicyclic) bond motifs is 1. The van der Waals surface area contributed by atoms with Gasteiger partial charge in [-0.15, -0.1) is 0 Å². The van der Waals surface area contributed by atoms with Gasteiger partial charge in [0, 0.05) is 23.8 Å². The molecule has 1 spiro atoms. The third kappa shape index (κ3) is 1.81. The summed E-state index contributed by atoms with van der Waals surface area (Å²) in [4.78, 5) is 0. The molecule has 2 unspecified atom stereocenters. The van der Waals surface area contributed by atoms with Crippen molar-refractivity contribution in [3.8, 4) is 0 Å². The van der Waals surface area contributed by atoms with Crippen molar-refractivity contribution in [3.05, 3.63) is 29.3 Å². The lowest BCUT2D eigenvalue weighted by Gasteiger charge is -2.61. The van der Waals surface area contributed by atoms with Crippen molar-refractivity contribution in [2.45, 2.75) is 64.0 Å². The average Bonchev–Trinajstić information content (AvgIpc) is 2.82. The van der Waals surface area contributed by atoms with Crippen LogP contribution < -0.4 is 5.32 Å². The van der Waals surface area contributed by atoms with Crippen LogP contribution in [-0.4, -0.2) is 18.8 Å². The number of ether oxygens (including phenoxy) is 1. The summed E-state index contributed by atoms with van der Waals surface area (Å²) in [6, 6.07) is 7.64. The van der Waals surface area contributed by atoms with E-state index >= 15 is 0 Å². The minimum atomic E-state index is 0.453. The maximum Gasteiger partial charge on any atom is 0.0670 e. The summed E-state index contributed by atoms with van der Waals surface area (Å²) in [6.07, 6.45) is 9.64. The Kier molecular flexibility index (Phi) is 3.03. The summed E-state index contributed by atoms with van der Waals surface area (Å²) in [5.41, 5.74) is 4.92. The number of hydrogen-bond donors (Lipinski definition) is 1. The van der Waals surface area contributed by atoms with Crippen LogP contribution in [0.25, 0.3) is 0 Å². The van der Waals surface area contributed by atoms with Crippen molar-refractivity contribution in [1.29, 1.82) is 0 Å². The summed E-state index contributed by atoms with van der Waals surface area (Å²) in [5, 5.41) is 3.81. The van der Waals surface area contributed by atoms with Gasteiger partial charge in [0.1, 0.15) is 0 Å². The van der Waals surface area contributed by atoms with Gasteiger partial charge in [0.25, 0.3) is 0 Å². The smallest absolute Gasteiger partial charge is 0.0670 e. The van der Waals surface area contributed by atoms with Gasteiger partial charge in [-0.25, -0.2) is 0 Å². The van der Waals surface area contributed by atoms with Crippen LogP contribution in [0.15, 0.2) is 18.2 Å². The van der Waals surface area contributed by atoms with Crippen molar-refractivity contribution >= 4 is 5.69 Å². The standard InChI is InChI=1S/C18H25NO/c1-2-20-17-12-16(18(17)9-4-10-18)19-15-8-7-13-5-3-6-14(13)11-15/h7-8,11,16-17,19H,2-6,9-10,12H2,1H3. The molecule has 2 nitrogen and oxygen atoms in total. The van der Waals surface area contributed by atoms with E-state index in [0.717, 1.165) is 6.61 Å². The number of aryl methyl sites for hydroxylation is 2. The first kappa shape index (κ1) is 12.7. The number of nitrogens with one attached hydrogen (secondary N) is 1. The van der Waals surface area contributed by atoms with E-state index in [2.05, 4.69) is 30.4 Å². The van der Waals surface area contributed by atoms with Gasteiger partial charge in [-0.2, -0.15) is 0 Å². The molecule has 3 aliphatic carbocycles. The summed E-state index contributed by atoms with van der Waals surface area (Å²) >= 11 is 0. The molecule has 0 saturated heterocycles. The first-order valence-corrected chi connectivity index (χ1v) is 8.32. The molecule has 1 aromatic carbocycles. The van der Waals surface area contributed by atoms with E-state index in [1.807, 2.05) is 0 Å². The van der Waals surface area contributed by atoms with Crippen LogP contribution in [0.5, 0.6) is 0 Å². The predicted octanol–water partition coefficient (Wildman–Crippen LogP) is 3.93. The highest BCUT2D eigenvalue weighted by Crippen LogP contribution is 2.58. The zero-order valence-electron chi connectivity index (χ0n) is 12.5. The maximum atomic E-state index is 5.94. The second-order valence-corrected chi connectivity index (χ2v) is 6.80. The van der Waals surface area contributed by atoms with Crippen LogP contribution in [0.3, 0.4) is 0 Å². The number of rotatable bonds is 4. The topological polar surface area (TPSA) is 21.3 Å². The molecule has 2 saturated carbocycles. The lowest BCUT2D eigenvalue weighted by atomic mass is 9.51. The molecule has 0 radical (unpaired) electrons. The van der Waals surface area contributed by atoms with Gasteiger partial charge in [-0.1, -0.05) is 12.5 Å². The first-order chi connectivity index (χ1) is 9.82. The normalized spacial score (nSPS) is 29.6. The second kappa shape index (κ2) is 4.77. The zero-order chi connectivity index (χ0) is 13.6. The van der Waals surface area contributed by atoms with Crippen LogP contribution in [0.2, 0.25) is 0 Å². The third-order valence-electron chi connectivity index (χ3n) is 5.88. The largest absolute Gasteiger partial charge is 0.382 e. The third-order valence-corrected chi connectivity index (χ3v) is 5.88. The average molecular weight is 271 g/mol. The van der Waals surface area contributed by atoms with Crippen LogP contribution >= 0.6 is 0 Å². The Bertz CT molecular complexity index is 506. The van der Waals surface area contributed by atoms with Crippen LogP contribution in [0.4, 0.5) is 5.69 Å². The van der Waals surface area contributed by atoms with Crippen LogP contribution in [-0.2, 0) is 17.6 Å². The molecule has 0 bridgehead atoms. The van der Waals surface area contributed by atoms with Gasteiger partial charge in [0.2, 0.25) is 0 Å². The Morgan fingerprint density at radius 2 is 2.05 bits per heavy atom. The highest BCUT2D eigenvalue weighted by Gasteiger charge is 2.58. The fourth-order valence-electron chi connectivity index (χ4n) is 4.50. The summed E-state index contributed by atoms with van der Waals surface area (Å²) in [7, 11) is 0. The Hall–Kier alpha value is -1.02. The predicted molar refractivity (Wildman–Crippen MR) is 82.2 cm³/mol. The summed E-state index contributed by atoms with van der Waals surface area (Å²) in [5.74, 6) is 0. The summed E-state index contributed by atoms with van der Waals surface area (Å²) < 4.78 is 5.94. The molecule has 0 amide bonds. The molecular weight excluding hydrogens is 246 g/mol. The van der Waals surface area contributed by atoms with Gasteiger partial charge in [-0.05, 0) is 68.7 Å². The minimum Gasteiger partial charge on any atom is -0.382 e. The highest BCUT2D eigenvalue weighted by molar-refractivity contribution is 5.51. The molecule has 108 valence electrons. The Labute approximate surface area is 121 Å². The molecule has 2 heteroatoms. The maximum absolute atomic E-state index is 5.94. The van der Waals surface area contributed by atoms with Gasteiger partial charge in [0.05, 0.1) is 6.10 Å². The molecule has 0 aromatic heterocycles. The van der Waals surface area contributed by atoms with Crippen molar-refractivity contribution in [3.63, 3.8) is 0 Å². The monoisotopic (exact) mass is 271 g/mol. The Balaban J connectivity index is 1.47. The fourth-order valence-corrected chi connectivity index (χ4v) is 4.50. The SMILES string of the molecule is CCOC1CC(Nc2ccc3c(c2)CCC3)C12CCC2. The Morgan fingerprint density at radius 1 is 1.20 bits per heavy atom. The van der Waals surface area contributed by atoms with Crippen molar-refractivity contribution in [2.24, 2.45) is 5.41 Å². The van der Waals surface area contributed by atoms with Crippen LogP contribution in [0, 0.1) is 5.41 Å². The van der Waals surface area contributed by atoms with E-state index in [4.69, 9.17) is 4.74 Å². The van der Waals surface area contributed by atoms with Gasteiger partial charge < -0.3 is 10.1 Å². The molecule has 20 heavy (non-hydrogen) atoms.